The minimum atomic E-state index is -1.69. The molecule has 5 aliphatic rings. The van der Waals surface area contributed by atoms with E-state index in [1.807, 2.05) is 24.3 Å². The van der Waals surface area contributed by atoms with Gasteiger partial charge in [-0.2, -0.15) is 0 Å². The van der Waals surface area contributed by atoms with Crippen LogP contribution in [0.5, 0.6) is 0 Å². The molecule has 1 saturated carbocycles. The van der Waals surface area contributed by atoms with Gasteiger partial charge in [-0.3, -0.25) is 14.5 Å². The quantitative estimate of drug-likeness (QED) is 0.694. The first-order chi connectivity index (χ1) is 14.3. The van der Waals surface area contributed by atoms with Gasteiger partial charge < -0.3 is 19.8 Å². The summed E-state index contributed by atoms with van der Waals surface area (Å²) in [6.07, 6.45) is -0.158. The molecule has 2 bridgehead atoms. The monoisotopic (exact) mass is 412 g/mol. The number of fused-ring (bicyclic) bond motifs is 2. The number of carbonyl (C=O) groups excluding carboxylic acids is 2. The predicted molar refractivity (Wildman–Crippen MR) is 108 cm³/mol. The summed E-state index contributed by atoms with van der Waals surface area (Å²) in [5, 5.41) is 22.6. The zero-order valence-corrected chi connectivity index (χ0v) is 17.3. The van der Waals surface area contributed by atoms with Crippen molar-refractivity contribution in [3.8, 4) is 0 Å². The van der Waals surface area contributed by atoms with E-state index in [4.69, 9.17) is 4.74 Å². The van der Waals surface area contributed by atoms with E-state index in [9.17, 15) is 19.8 Å². The highest BCUT2D eigenvalue weighted by Crippen LogP contribution is 2.68. The van der Waals surface area contributed by atoms with Crippen molar-refractivity contribution in [2.45, 2.75) is 56.1 Å². The van der Waals surface area contributed by atoms with Gasteiger partial charge in [0, 0.05) is 30.6 Å². The molecule has 4 fully saturated rings. The van der Waals surface area contributed by atoms with E-state index in [1.54, 1.807) is 4.90 Å². The van der Waals surface area contributed by atoms with Crippen LogP contribution in [0.1, 0.15) is 32.3 Å². The Labute approximate surface area is 175 Å². The first-order valence-corrected chi connectivity index (χ1v) is 11.0. The molecule has 4 heterocycles. The van der Waals surface area contributed by atoms with Gasteiger partial charge in [-0.15, -0.1) is 0 Å². The van der Waals surface area contributed by atoms with Gasteiger partial charge in [-0.05, 0) is 44.2 Å². The number of nitrogens with zero attached hydrogens (tertiary/aromatic N) is 2. The number of anilines is 1. The summed E-state index contributed by atoms with van der Waals surface area (Å²) in [6.45, 7) is 5.44. The predicted octanol–water partition coefficient (Wildman–Crippen LogP) is 0.668. The molecule has 1 amide bonds. The van der Waals surface area contributed by atoms with Crippen LogP contribution in [0, 0.1) is 17.8 Å². The topological polar surface area (TPSA) is 90.3 Å². The van der Waals surface area contributed by atoms with E-state index in [0.29, 0.717) is 24.6 Å². The Morgan fingerprint density at radius 2 is 2.00 bits per heavy atom. The molecule has 1 spiro atoms. The van der Waals surface area contributed by atoms with E-state index in [-0.39, 0.29) is 24.0 Å². The molecule has 30 heavy (non-hydrogen) atoms. The Hall–Kier alpha value is -1.80. The number of aliphatic hydroxyl groups is 2. The normalized spacial score (nSPS) is 44.4. The summed E-state index contributed by atoms with van der Waals surface area (Å²) in [4.78, 5) is 29.2. The van der Waals surface area contributed by atoms with Crippen LogP contribution in [0.25, 0.3) is 0 Å². The fourth-order valence-corrected chi connectivity index (χ4v) is 7.65. The number of benzene rings is 1. The molecule has 8 atom stereocenters. The summed E-state index contributed by atoms with van der Waals surface area (Å²) < 4.78 is 6.20. The van der Waals surface area contributed by atoms with Crippen LogP contribution in [-0.4, -0.2) is 70.5 Å². The number of aliphatic hydroxyl groups excluding tert-OH is 1. The molecule has 1 unspecified atom stereocenters. The molecule has 3 saturated heterocycles. The van der Waals surface area contributed by atoms with Crippen LogP contribution in [0.2, 0.25) is 0 Å². The van der Waals surface area contributed by atoms with E-state index in [1.165, 1.54) is 6.92 Å². The van der Waals surface area contributed by atoms with Crippen LogP contribution in [-0.2, 0) is 19.7 Å². The van der Waals surface area contributed by atoms with Crippen molar-refractivity contribution in [3.63, 3.8) is 0 Å². The van der Waals surface area contributed by atoms with Gasteiger partial charge in [0.1, 0.15) is 5.72 Å². The molecule has 0 radical (unpaired) electrons. The second-order valence-corrected chi connectivity index (χ2v) is 9.90. The number of carbonyl (C=O) groups is 2. The second kappa shape index (κ2) is 5.91. The lowest BCUT2D eigenvalue weighted by atomic mass is 9.51. The third kappa shape index (κ3) is 1.96. The van der Waals surface area contributed by atoms with Gasteiger partial charge >= 0.3 is 0 Å². The standard InChI is InChI=1S/C23H28N2O5/c1-12(26)19(27)21(28)25-18-6-4-3-5-17(18)22-7-8-24-10-15-13(2)30-11-16(20(22)25)14(15)9-23(22,24)29/h3-6,13-16,19-20,27,29H,7-11H2,1-2H3/t13-,14+,15+,16-,19?,20+,22+,23-/m1/s1. The molecule has 7 nitrogen and oxygen atoms in total. The minimum absolute atomic E-state index is 0.0576. The number of rotatable bonds is 2. The van der Waals surface area contributed by atoms with E-state index >= 15 is 0 Å². The molecule has 1 aromatic carbocycles. The fourth-order valence-electron chi connectivity index (χ4n) is 7.65. The molecular formula is C23H28N2O5. The summed E-state index contributed by atoms with van der Waals surface area (Å²) in [6, 6.07) is 7.38. The van der Waals surface area contributed by atoms with Crippen molar-refractivity contribution in [3.05, 3.63) is 29.8 Å². The third-order valence-electron chi connectivity index (χ3n) is 8.91. The largest absolute Gasteiger partial charge is 0.378 e. The number of ketones is 1. The zero-order valence-electron chi connectivity index (χ0n) is 17.3. The SMILES string of the molecule is CC(=O)C(O)C(=O)N1c2ccccc2[C@]23CCN4C[C@@H]5[C@H](C[C@]42O)[C@@H](CO[C@@H]5C)[C@H]13. The second-order valence-electron chi connectivity index (χ2n) is 9.90. The number of ether oxygens (including phenoxy) is 1. The number of hydrogen-bond acceptors (Lipinski definition) is 6. The van der Waals surface area contributed by atoms with Crippen LogP contribution in [0.3, 0.4) is 0 Å². The van der Waals surface area contributed by atoms with Gasteiger partial charge in [0.05, 0.1) is 24.2 Å². The number of hydrogen-bond donors (Lipinski definition) is 2. The first-order valence-electron chi connectivity index (χ1n) is 11.0. The summed E-state index contributed by atoms with van der Waals surface area (Å²) >= 11 is 0. The number of piperidine rings is 1. The van der Waals surface area contributed by atoms with Crippen LogP contribution in [0.15, 0.2) is 24.3 Å². The molecule has 1 aromatic rings. The summed E-state index contributed by atoms with van der Waals surface area (Å²) in [7, 11) is 0. The Kier molecular flexibility index (Phi) is 3.73. The van der Waals surface area contributed by atoms with Crippen molar-refractivity contribution < 1.29 is 24.5 Å². The van der Waals surface area contributed by atoms with Crippen LogP contribution in [0.4, 0.5) is 5.69 Å². The molecule has 4 aliphatic heterocycles. The molecule has 0 aromatic heterocycles. The molecular weight excluding hydrogens is 384 g/mol. The highest BCUT2D eigenvalue weighted by molar-refractivity contribution is 6.11. The van der Waals surface area contributed by atoms with E-state index < -0.39 is 28.9 Å². The maximum absolute atomic E-state index is 13.4. The number of para-hydroxylation sites is 1. The van der Waals surface area contributed by atoms with Crippen molar-refractivity contribution in [1.29, 1.82) is 0 Å². The van der Waals surface area contributed by atoms with E-state index in [2.05, 4.69) is 11.8 Å². The highest BCUT2D eigenvalue weighted by Gasteiger charge is 2.76. The minimum Gasteiger partial charge on any atom is -0.378 e. The maximum atomic E-state index is 13.4. The average molecular weight is 412 g/mol. The number of Topliss-reactive ketones (excluding diaryl/α,β-unsaturated/α-hetero) is 1. The van der Waals surface area contributed by atoms with Gasteiger partial charge in [-0.25, -0.2) is 0 Å². The first kappa shape index (κ1) is 18.9. The third-order valence-corrected chi connectivity index (χ3v) is 8.91. The van der Waals surface area contributed by atoms with Crippen molar-refractivity contribution in [1.82, 2.24) is 4.90 Å². The van der Waals surface area contributed by atoms with Crippen LogP contribution < -0.4 is 4.90 Å². The smallest absolute Gasteiger partial charge is 0.263 e. The zero-order chi connectivity index (χ0) is 21.0. The summed E-state index contributed by atoms with van der Waals surface area (Å²) in [5.74, 6) is -0.548. The Morgan fingerprint density at radius 1 is 1.23 bits per heavy atom. The molecule has 160 valence electrons. The van der Waals surface area contributed by atoms with Gasteiger partial charge in [0.25, 0.3) is 5.91 Å². The van der Waals surface area contributed by atoms with Gasteiger partial charge in [0.2, 0.25) is 0 Å². The lowest BCUT2D eigenvalue weighted by Crippen LogP contribution is -2.75. The van der Waals surface area contributed by atoms with Crippen molar-refractivity contribution in [2.75, 3.05) is 24.6 Å². The Bertz CT molecular complexity index is 951. The molecule has 7 heteroatoms. The van der Waals surface area contributed by atoms with Gasteiger partial charge in [0.15, 0.2) is 11.9 Å². The molecule has 1 aliphatic carbocycles. The fraction of sp³-hybridized carbons (Fsp3) is 0.652. The van der Waals surface area contributed by atoms with E-state index in [0.717, 1.165) is 25.1 Å². The average Bonchev–Trinajstić information content (AvgIpc) is 3.21. The Morgan fingerprint density at radius 3 is 2.77 bits per heavy atom. The number of amides is 1. The highest BCUT2D eigenvalue weighted by atomic mass is 16.5. The molecule has 2 N–H and O–H groups in total. The van der Waals surface area contributed by atoms with Gasteiger partial charge in [-0.1, -0.05) is 18.2 Å². The lowest BCUT2D eigenvalue weighted by Gasteiger charge is -2.64. The van der Waals surface area contributed by atoms with Crippen LogP contribution >= 0.6 is 0 Å². The summed E-state index contributed by atoms with van der Waals surface area (Å²) in [5.41, 5.74) is 0.00952. The van der Waals surface area contributed by atoms with Crippen molar-refractivity contribution >= 4 is 17.4 Å². The lowest BCUT2D eigenvalue weighted by molar-refractivity contribution is -0.249. The maximum Gasteiger partial charge on any atom is 0.263 e. The Balaban J connectivity index is 1.59. The van der Waals surface area contributed by atoms with Crippen molar-refractivity contribution in [2.24, 2.45) is 17.8 Å². The molecule has 6 rings (SSSR count).